The molecule has 2 aliphatic rings. The van der Waals surface area contributed by atoms with Crippen molar-refractivity contribution >= 4 is 0 Å². The summed E-state index contributed by atoms with van der Waals surface area (Å²) >= 11 is 0. The second-order valence-electron chi connectivity index (χ2n) is 6.15. The highest BCUT2D eigenvalue weighted by Gasteiger charge is 2.17. The van der Waals surface area contributed by atoms with Gasteiger partial charge in [-0.25, -0.2) is 0 Å². The lowest BCUT2D eigenvalue weighted by molar-refractivity contribution is 0.211. The lowest BCUT2D eigenvalue weighted by Gasteiger charge is -2.31. The van der Waals surface area contributed by atoms with Crippen LogP contribution in [0.4, 0.5) is 0 Å². The Labute approximate surface area is 112 Å². The Kier molecular flexibility index (Phi) is 5.89. The zero-order valence-electron chi connectivity index (χ0n) is 12.1. The summed E-state index contributed by atoms with van der Waals surface area (Å²) in [4.78, 5) is 4.87. The minimum absolute atomic E-state index is 0.689. The summed E-state index contributed by atoms with van der Waals surface area (Å²) in [5, 5.41) is 7.26. The smallest absolute Gasteiger partial charge is 0.0207 e. The summed E-state index contributed by atoms with van der Waals surface area (Å²) in [7, 11) is 4.45. The molecule has 0 saturated carbocycles. The monoisotopic (exact) mass is 254 g/mol. The van der Waals surface area contributed by atoms with Gasteiger partial charge in [0.05, 0.1) is 0 Å². The molecule has 4 nitrogen and oxygen atoms in total. The highest BCUT2D eigenvalue weighted by Crippen LogP contribution is 2.14. The molecule has 2 N–H and O–H groups in total. The third-order valence-corrected chi connectivity index (χ3v) is 4.40. The predicted octanol–water partition coefficient (Wildman–Crippen LogP) is 0.212. The quantitative estimate of drug-likeness (QED) is 0.687. The fraction of sp³-hybridized carbons (Fsp3) is 1.00. The minimum atomic E-state index is 0.689. The van der Waals surface area contributed by atoms with Crippen LogP contribution in [0, 0.1) is 5.92 Å². The fourth-order valence-corrected chi connectivity index (χ4v) is 3.03. The SMILES string of the molecule is CN1CCC(CNCCC2CN(C)CCN2)CC1. The van der Waals surface area contributed by atoms with Gasteiger partial charge in [-0.1, -0.05) is 0 Å². The number of piperazine rings is 1. The molecule has 0 amide bonds. The Balaban J connectivity index is 1.50. The molecule has 2 heterocycles. The molecule has 2 rings (SSSR count). The summed E-state index contributed by atoms with van der Waals surface area (Å²) in [6.45, 7) is 8.49. The summed E-state index contributed by atoms with van der Waals surface area (Å²) < 4.78 is 0. The predicted molar refractivity (Wildman–Crippen MR) is 77.0 cm³/mol. The Morgan fingerprint density at radius 3 is 2.61 bits per heavy atom. The van der Waals surface area contributed by atoms with Crippen molar-refractivity contribution in [1.29, 1.82) is 0 Å². The lowest BCUT2D eigenvalue weighted by Crippen LogP contribution is -2.50. The Bertz CT molecular complexity index is 226. The minimum Gasteiger partial charge on any atom is -0.316 e. The average molecular weight is 254 g/mol. The summed E-state index contributed by atoms with van der Waals surface area (Å²) in [5.41, 5.74) is 0. The standard InChI is InChI=1S/C14H30N4/c1-17-8-4-13(5-9-17)11-15-6-3-14-12-18(2)10-7-16-14/h13-16H,3-12H2,1-2H3. The maximum Gasteiger partial charge on any atom is 0.0207 e. The molecule has 18 heavy (non-hydrogen) atoms. The normalized spacial score (nSPS) is 28.7. The number of likely N-dealkylation sites (N-methyl/N-ethyl adjacent to an activating group) is 1. The van der Waals surface area contributed by atoms with Crippen LogP contribution in [0.15, 0.2) is 0 Å². The van der Waals surface area contributed by atoms with E-state index in [1.54, 1.807) is 0 Å². The van der Waals surface area contributed by atoms with Crippen LogP contribution in [0.5, 0.6) is 0 Å². The molecule has 0 aliphatic carbocycles. The molecule has 106 valence electrons. The third-order valence-electron chi connectivity index (χ3n) is 4.40. The summed E-state index contributed by atoms with van der Waals surface area (Å²) in [6, 6.07) is 0.689. The van der Waals surface area contributed by atoms with Crippen molar-refractivity contribution in [3.8, 4) is 0 Å². The molecule has 2 saturated heterocycles. The number of hydrogen-bond donors (Lipinski definition) is 2. The zero-order valence-corrected chi connectivity index (χ0v) is 12.1. The molecule has 1 atom stereocenters. The first kappa shape index (κ1) is 14.3. The van der Waals surface area contributed by atoms with E-state index in [9.17, 15) is 0 Å². The van der Waals surface area contributed by atoms with Crippen LogP contribution < -0.4 is 10.6 Å². The summed E-state index contributed by atoms with van der Waals surface area (Å²) in [6.07, 6.45) is 4.00. The second kappa shape index (κ2) is 7.43. The van der Waals surface area contributed by atoms with E-state index in [0.717, 1.165) is 19.0 Å². The van der Waals surface area contributed by atoms with E-state index < -0.39 is 0 Å². The van der Waals surface area contributed by atoms with Crippen LogP contribution in [0.3, 0.4) is 0 Å². The Morgan fingerprint density at radius 1 is 1.11 bits per heavy atom. The Hall–Kier alpha value is -0.160. The molecular weight excluding hydrogens is 224 g/mol. The van der Waals surface area contributed by atoms with Crippen molar-refractivity contribution in [1.82, 2.24) is 20.4 Å². The first-order valence-electron chi connectivity index (χ1n) is 7.55. The van der Waals surface area contributed by atoms with Crippen LogP contribution in [-0.4, -0.2) is 75.8 Å². The van der Waals surface area contributed by atoms with Gasteiger partial charge in [-0.15, -0.1) is 0 Å². The molecule has 0 spiro atoms. The van der Waals surface area contributed by atoms with Crippen LogP contribution in [-0.2, 0) is 0 Å². The van der Waals surface area contributed by atoms with E-state index >= 15 is 0 Å². The molecular formula is C14H30N4. The van der Waals surface area contributed by atoms with E-state index in [4.69, 9.17) is 0 Å². The van der Waals surface area contributed by atoms with Crippen LogP contribution in [0.1, 0.15) is 19.3 Å². The zero-order chi connectivity index (χ0) is 12.8. The molecule has 2 fully saturated rings. The van der Waals surface area contributed by atoms with Gasteiger partial charge in [0.25, 0.3) is 0 Å². The molecule has 0 aromatic heterocycles. The lowest BCUT2D eigenvalue weighted by atomic mass is 9.97. The van der Waals surface area contributed by atoms with Crippen molar-refractivity contribution in [2.24, 2.45) is 5.92 Å². The Morgan fingerprint density at radius 2 is 1.89 bits per heavy atom. The number of piperidine rings is 1. The highest BCUT2D eigenvalue weighted by molar-refractivity contribution is 4.78. The number of nitrogens with one attached hydrogen (secondary N) is 2. The molecule has 1 unspecified atom stereocenters. The number of nitrogens with zero attached hydrogens (tertiary/aromatic N) is 2. The van der Waals surface area contributed by atoms with Gasteiger partial charge in [-0.05, 0) is 65.5 Å². The van der Waals surface area contributed by atoms with Gasteiger partial charge in [0.15, 0.2) is 0 Å². The van der Waals surface area contributed by atoms with Gasteiger partial charge in [0.1, 0.15) is 0 Å². The largest absolute Gasteiger partial charge is 0.316 e. The van der Waals surface area contributed by atoms with Gasteiger partial charge in [-0.2, -0.15) is 0 Å². The second-order valence-corrected chi connectivity index (χ2v) is 6.15. The third kappa shape index (κ3) is 4.84. The molecule has 0 bridgehead atoms. The molecule has 0 aromatic rings. The highest BCUT2D eigenvalue weighted by atomic mass is 15.2. The summed E-state index contributed by atoms with van der Waals surface area (Å²) in [5.74, 6) is 0.906. The fourth-order valence-electron chi connectivity index (χ4n) is 3.03. The molecule has 2 aliphatic heterocycles. The maximum absolute atomic E-state index is 3.66. The van der Waals surface area contributed by atoms with E-state index in [-0.39, 0.29) is 0 Å². The molecule has 0 radical (unpaired) electrons. The maximum atomic E-state index is 3.66. The van der Waals surface area contributed by atoms with Gasteiger partial charge in [-0.3, -0.25) is 0 Å². The van der Waals surface area contributed by atoms with Crippen molar-refractivity contribution in [3.63, 3.8) is 0 Å². The van der Waals surface area contributed by atoms with E-state index in [0.29, 0.717) is 6.04 Å². The van der Waals surface area contributed by atoms with Crippen LogP contribution in [0.25, 0.3) is 0 Å². The number of likely N-dealkylation sites (tertiary alicyclic amines) is 1. The molecule has 0 aromatic carbocycles. The van der Waals surface area contributed by atoms with Crippen molar-refractivity contribution in [2.75, 3.05) is 59.9 Å². The van der Waals surface area contributed by atoms with Gasteiger partial charge in [0.2, 0.25) is 0 Å². The average Bonchev–Trinajstić information content (AvgIpc) is 2.37. The van der Waals surface area contributed by atoms with E-state index in [2.05, 4.69) is 34.5 Å². The number of rotatable bonds is 5. The van der Waals surface area contributed by atoms with Gasteiger partial charge in [0, 0.05) is 25.7 Å². The topological polar surface area (TPSA) is 30.5 Å². The van der Waals surface area contributed by atoms with E-state index in [1.165, 1.54) is 52.0 Å². The molecule has 4 heteroatoms. The van der Waals surface area contributed by atoms with Crippen molar-refractivity contribution in [2.45, 2.75) is 25.3 Å². The van der Waals surface area contributed by atoms with Crippen LogP contribution >= 0.6 is 0 Å². The van der Waals surface area contributed by atoms with E-state index in [1.807, 2.05) is 0 Å². The van der Waals surface area contributed by atoms with Crippen molar-refractivity contribution in [3.05, 3.63) is 0 Å². The first-order valence-corrected chi connectivity index (χ1v) is 7.55. The van der Waals surface area contributed by atoms with Gasteiger partial charge >= 0.3 is 0 Å². The van der Waals surface area contributed by atoms with Crippen molar-refractivity contribution < 1.29 is 0 Å². The number of hydrogen-bond acceptors (Lipinski definition) is 4. The first-order chi connectivity index (χ1) is 8.74. The van der Waals surface area contributed by atoms with Crippen LogP contribution in [0.2, 0.25) is 0 Å². The van der Waals surface area contributed by atoms with Gasteiger partial charge < -0.3 is 20.4 Å².